The van der Waals surface area contributed by atoms with Gasteiger partial charge in [0, 0.05) is 18.9 Å². The van der Waals surface area contributed by atoms with Crippen LogP contribution in [0.1, 0.15) is 17.4 Å². The minimum atomic E-state index is -0.0705. The summed E-state index contributed by atoms with van der Waals surface area (Å²) in [6.45, 7) is 3.77. The second-order valence-corrected chi connectivity index (χ2v) is 3.51. The maximum absolute atomic E-state index is 12.0. The molecule has 5 heteroatoms. The average molecular weight is 207 g/mol. The minimum absolute atomic E-state index is 0.0705. The number of carbonyl (C=O) groups excluding carboxylic acids is 1. The van der Waals surface area contributed by atoms with Crippen LogP contribution in [0.2, 0.25) is 0 Å². The summed E-state index contributed by atoms with van der Waals surface area (Å²) in [5.41, 5.74) is 0.395. The molecule has 2 rings (SSSR count). The lowest BCUT2D eigenvalue weighted by molar-refractivity contribution is 0.00324. The summed E-state index contributed by atoms with van der Waals surface area (Å²) in [5, 5.41) is 0. The van der Waals surface area contributed by atoms with Gasteiger partial charge in [0.2, 0.25) is 0 Å². The van der Waals surface area contributed by atoms with Gasteiger partial charge in [0.15, 0.2) is 0 Å². The standard InChI is InChI=1S/C10H13N3O2/c1-8-7-15-5-4-13(8)10(14)9-6-11-2-3-12-9/h2-3,6,8H,4-5,7H2,1H3/t8-/m1/s1. The largest absolute Gasteiger partial charge is 0.377 e. The molecule has 5 nitrogen and oxygen atoms in total. The van der Waals surface area contributed by atoms with Crippen molar-refractivity contribution in [1.82, 2.24) is 14.9 Å². The molecule has 1 amide bonds. The van der Waals surface area contributed by atoms with Crippen LogP contribution in [-0.2, 0) is 4.74 Å². The average Bonchev–Trinajstić information content (AvgIpc) is 2.30. The number of rotatable bonds is 1. The molecule has 1 atom stereocenters. The van der Waals surface area contributed by atoms with Crippen LogP contribution < -0.4 is 0 Å². The Kier molecular flexibility index (Phi) is 2.91. The Morgan fingerprint density at radius 2 is 2.47 bits per heavy atom. The SMILES string of the molecule is C[C@@H]1COCCN1C(=O)c1cnccn1. The number of aromatic nitrogens is 2. The molecule has 1 aromatic heterocycles. The van der Waals surface area contributed by atoms with Crippen LogP contribution in [0.4, 0.5) is 0 Å². The maximum atomic E-state index is 12.0. The monoisotopic (exact) mass is 207 g/mol. The maximum Gasteiger partial charge on any atom is 0.274 e. The lowest BCUT2D eigenvalue weighted by atomic mass is 10.2. The molecule has 15 heavy (non-hydrogen) atoms. The van der Waals surface area contributed by atoms with Gasteiger partial charge in [-0.05, 0) is 6.92 Å². The van der Waals surface area contributed by atoms with Crippen LogP contribution in [0.5, 0.6) is 0 Å². The van der Waals surface area contributed by atoms with Gasteiger partial charge in [0.1, 0.15) is 5.69 Å². The van der Waals surface area contributed by atoms with Crippen molar-refractivity contribution in [2.45, 2.75) is 13.0 Å². The van der Waals surface area contributed by atoms with Gasteiger partial charge in [-0.1, -0.05) is 0 Å². The Balaban J connectivity index is 2.13. The lowest BCUT2D eigenvalue weighted by Gasteiger charge is -2.32. The molecule has 0 saturated carbocycles. The summed E-state index contributed by atoms with van der Waals surface area (Å²) >= 11 is 0. The predicted octanol–water partition coefficient (Wildman–Crippen LogP) is 0.337. The highest BCUT2D eigenvalue weighted by atomic mass is 16.5. The number of carbonyl (C=O) groups is 1. The molecule has 1 aliphatic rings. The first-order chi connectivity index (χ1) is 7.29. The minimum Gasteiger partial charge on any atom is -0.377 e. The number of hydrogen-bond donors (Lipinski definition) is 0. The second kappa shape index (κ2) is 4.35. The number of ether oxygens (including phenoxy) is 1. The molecule has 1 aliphatic heterocycles. The smallest absolute Gasteiger partial charge is 0.274 e. The van der Waals surface area contributed by atoms with Crippen molar-refractivity contribution in [2.24, 2.45) is 0 Å². The fraction of sp³-hybridized carbons (Fsp3) is 0.500. The number of hydrogen-bond acceptors (Lipinski definition) is 4. The first-order valence-electron chi connectivity index (χ1n) is 4.94. The van der Waals surface area contributed by atoms with Gasteiger partial charge >= 0.3 is 0 Å². The Hall–Kier alpha value is -1.49. The molecule has 1 aromatic rings. The molecule has 1 fully saturated rings. The topological polar surface area (TPSA) is 55.3 Å². The second-order valence-electron chi connectivity index (χ2n) is 3.51. The molecule has 2 heterocycles. The molecular weight excluding hydrogens is 194 g/mol. The third-order valence-corrected chi connectivity index (χ3v) is 2.41. The molecule has 0 radical (unpaired) electrons. The van der Waals surface area contributed by atoms with Gasteiger partial charge in [-0.15, -0.1) is 0 Å². The van der Waals surface area contributed by atoms with Crippen molar-refractivity contribution < 1.29 is 9.53 Å². The van der Waals surface area contributed by atoms with E-state index in [1.165, 1.54) is 12.4 Å². The molecule has 0 spiro atoms. The van der Waals surface area contributed by atoms with Gasteiger partial charge < -0.3 is 9.64 Å². The highest BCUT2D eigenvalue weighted by Gasteiger charge is 2.25. The van der Waals surface area contributed by atoms with E-state index in [1.807, 2.05) is 6.92 Å². The van der Waals surface area contributed by atoms with E-state index in [0.29, 0.717) is 25.5 Å². The van der Waals surface area contributed by atoms with Crippen LogP contribution in [0.25, 0.3) is 0 Å². The molecule has 0 N–H and O–H groups in total. The third-order valence-electron chi connectivity index (χ3n) is 2.41. The molecule has 0 aromatic carbocycles. The number of nitrogens with zero attached hydrogens (tertiary/aromatic N) is 3. The third kappa shape index (κ3) is 2.12. The van der Waals surface area contributed by atoms with E-state index in [4.69, 9.17) is 4.74 Å². The number of amides is 1. The van der Waals surface area contributed by atoms with Crippen LogP contribution in [-0.4, -0.2) is 46.6 Å². The van der Waals surface area contributed by atoms with Crippen LogP contribution in [0.3, 0.4) is 0 Å². The van der Waals surface area contributed by atoms with Crippen molar-refractivity contribution in [1.29, 1.82) is 0 Å². The van der Waals surface area contributed by atoms with Crippen molar-refractivity contribution >= 4 is 5.91 Å². The van der Waals surface area contributed by atoms with Gasteiger partial charge in [0.05, 0.1) is 25.5 Å². The normalized spacial score (nSPS) is 21.4. The van der Waals surface area contributed by atoms with Gasteiger partial charge in [-0.25, -0.2) is 4.98 Å². The van der Waals surface area contributed by atoms with Crippen molar-refractivity contribution in [2.75, 3.05) is 19.8 Å². The van der Waals surface area contributed by atoms with Gasteiger partial charge in [-0.2, -0.15) is 0 Å². The molecule has 0 unspecified atom stereocenters. The van der Waals surface area contributed by atoms with Crippen molar-refractivity contribution in [3.63, 3.8) is 0 Å². The Bertz CT molecular complexity index is 342. The van der Waals surface area contributed by atoms with Crippen molar-refractivity contribution in [3.05, 3.63) is 24.3 Å². The Morgan fingerprint density at radius 3 is 3.13 bits per heavy atom. The summed E-state index contributed by atoms with van der Waals surface area (Å²) in [6, 6.07) is 0.105. The zero-order valence-corrected chi connectivity index (χ0v) is 8.59. The van der Waals surface area contributed by atoms with Crippen LogP contribution in [0, 0.1) is 0 Å². The lowest BCUT2D eigenvalue weighted by Crippen LogP contribution is -2.47. The van der Waals surface area contributed by atoms with E-state index in [2.05, 4.69) is 9.97 Å². The van der Waals surface area contributed by atoms with Crippen LogP contribution in [0.15, 0.2) is 18.6 Å². The molecular formula is C10H13N3O2. The molecule has 1 saturated heterocycles. The van der Waals surface area contributed by atoms with E-state index in [1.54, 1.807) is 11.1 Å². The zero-order valence-electron chi connectivity index (χ0n) is 8.59. The van der Waals surface area contributed by atoms with E-state index in [-0.39, 0.29) is 11.9 Å². The summed E-state index contributed by atoms with van der Waals surface area (Å²) in [6.07, 6.45) is 4.57. The highest BCUT2D eigenvalue weighted by molar-refractivity contribution is 5.92. The summed E-state index contributed by atoms with van der Waals surface area (Å²) in [4.78, 5) is 21.6. The first kappa shape index (κ1) is 10.0. The summed E-state index contributed by atoms with van der Waals surface area (Å²) in [7, 11) is 0. The molecule has 80 valence electrons. The zero-order chi connectivity index (χ0) is 10.7. The van der Waals surface area contributed by atoms with E-state index >= 15 is 0 Å². The fourth-order valence-electron chi connectivity index (χ4n) is 1.59. The summed E-state index contributed by atoms with van der Waals surface area (Å²) < 4.78 is 5.27. The summed E-state index contributed by atoms with van der Waals surface area (Å²) in [5.74, 6) is -0.0705. The van der Waals surface area contributed by atoms with Gasteiger partial charge in [-0.3, -0.25) is 9.78 Å². The molecule has 0 aliphatic carbocycles. The predicted molar refractivity (Wildman–Crippen MR) is 53.3 cm³/mol. The molecule has 0 bridgehead atoms. The van der Waals surface area contributed by atoms with E-state index in [9.17, 15) is 4.79 Å². The fourth-order valence-corrected chi connectivity index (χ4v) is 1.59. The van der Waals surface area contributed by atoms with E-state index < -0.39 is 0 Å². The quantitative estimate of drug-likeness (QED) is 0.666. The van der Waals surface area contributed by atoms with Crippen LogP contribution >= 0.6 is 0 Å². The van der Waals surface area contributed by atoms with Gasteiger partial charge in [0.25, 0.3) is 5.91 Å². The Labute approximate surface area is 88.1 Å². The number of morpholine rings is 1. The van der Waals surface area contributed by atoms with E-state index in [0.717, 1.165) is 0 Å². The first-order valence-corrected chi connectivity index (χ1v) is 4.94. The highest BCUT2D eigenvalue weighted by Crippen LogP contribution is 2.09. The Morgan fingerprint density at radius 1 is 1.60 bits per heavy atom. The van der Waals surface area contributed by atoms with Crippen molar-refractivity contribution in [3.8, 4) is 0 Å².